The van der Waals surface area contributed by atoms with Gasteiger partial charge in [0.15, 0.2) is 0 Å². The smallest absolute Gasteiger partial charge is 0.0573 e. The molecule has 0 heterocycles. The largest absolute Gasteiger partial charge is 0.130 e. The molecule has 0 unspecified atom stereocenters. The van der Waals surface area contributed by atoms with Crippen LogP contribution in [0.25, 0.3) is 0 Å². The van der Waals surface area contributed by atoms with Crippen LogP contribution < -0.4 is 0 Å². The number of rotatable bonds is 1. The summed E-state index contributed by atoms with van der Waals surface area (Å²) in [6.07, 6.45) is 2.02. The monoisotopic (exact) mass is 260 g/mol. The summed E-state index contributed by atoms with van der Waals surface area (Å²) in [6, 6.07) is 5.84. The van der Waals surface area contributed by atoms with E-state index < -0.39 is 0 Å². The summed E-state index contributed by atoms with van der Waals surface area (Å²) in [4.78, 5) is 3.79. The second-order valence-corrected chi connectivity index (χ2v) is 3.75. The fourth-order valence-electron chi connectivity index (χ4n) is 0.775. The zero-order chi connectivity index (χ0) is 8.97. The summed E-state index contributed by atoms with van der Waals surface area (Å²) in [7, 11) is 0. The molecule has 3 heteroatoms. The second-order valence-electron chi connectivity index (χ2n) is 2.07. The van der Waals surface area contributed by atoms with Crippen molar-refractivity contribution in [3.63, 3.8) is 0 Å². The van der Waals surface area contributed by atoms with Gasteiger partial charge >= 0.3 is 0 Å². The lowest BCUT2D eigenvalue weighted by atomic mass is 10.2. The molecule has 0 N–H and O–H groups in total. The van der Waals surface area contributed by atoms with E-state index in [9.17, 15) is 0 Å². The molecule has 0 amide bonds. The van der Waals surface area contributed by atoms with Gasteiger partial charge in [0.2, 0.25) is 0 Å². The Morgan fingerprint density at radius 1 is 1.50 bits per heavy atom. The SMILES string of the molecule is CSc1ccc(C#CBr)c(Cl)c1. The molecular formula is C9H6BrClS. The summed E-state index contributed by atoms with van der Waals surface area (Å²) < 4.78 is 0. The van der Waals surface area contributed by atoms with Crippen molar-refractivity contribution >= 4 is 39.3 Å². The van der Waals surface area contributed by atoms with E-state index >= 15 is 0 Å². The van der Waals surface area contributed by atoms with Crippen LogP contribution in [0.5, 0.6) is 0 Å². The summed E-state index contributed by atoms with van der Waals surface area (Å²) >= 11 is 10.6. The molecule has 12 heavy (non-hydrogen) atoms. The minimum atomic E-state index is 0.703. The standard InChI is InChI=1S/C9H6BrClS/c1-12-8-3-2-7(4-5-10)9(11)6-8/h2-3,6H,1H3. The van der Waals surface area contributed by atoms with Crippen LogP contribution in [0.4, 0.5) is 0 Å². The van der Waals surface area contributed by atoms with Gasteiger partial charge in [-0.1, -0.05) is 17.5 Å². The number of benzene rings is 1. The highest BCUT2D eigenvalue weighted by Gasteiger charge is 1.97. The fourth-order valence-corrected chi connectivity index (χ4v) is 1.72. The fraction of sp³-hybridized carbons (Fsp3) is 0.111. The quantitative estimate of drug-likeness (QED) is 0.548. The highest BCUT2D eigenvalue weighted by Crippen LogP contribution is 2.22. The summed E-state index contributed by atoms with van der Waals surface area (Å²) in [5.74, 6) is 2.85. The third-order valence-electron chi connectivity index (χ3n) is 1.36. The minimum absolute atomic E-state index is 0.703. The van der Waals surface area contributed by atoms with Crippen molar-refractivity contribution in [2.45, 2.75) is 4.90 Å². The first-order valence-corrected chi connectivity index (χ1v) is 5.62. The Kier molecular flexibility index (Phi) is 4.00. The number of hydrogen-bond acceptors (Lipinski definition) is 1. The van der Waals surface area contributed by atoms with Gasteiger partial charge in [0.05, 0.1) is 5.02 Å². The average Bonchev–Trinajstić information content (AvgIpc) is 2.09. The molecule has 0 aliphatic rings. The van der Waals surface area contributed by atoms with Crippen molar-refractivity contribution in [2.24, 2.45) is 0 Å². The predicted octanol–water partition coefficient (Wildman–Crippen LogP) is 3.77. The maximum absolute atomic E-state index is 5.95. The Morgan fingerprint density at radius 2 is 2.25 bits per heavy atom. The van der Waals surface area contributed by atoms with Gasteiger partial charge in [-0.05, 0) is 29.3 Å². The number of halogens is 2. The number of thioether (sulfide) groups is 1. The molecule has 62 valence electrons. The molecule has 0 saturated carbocycles. The molecule has 0 bridgehead atoms. The van der Waals surface area contributed by atoms with Gasteiger partial charge < -0.3 is 0 Å². The normalized spacial score (nSPS) is 8.92. The van der Waals surface area contributed by atoms with Crippen LogP contribution in [0.3, 0.4) is 0 Å². The minimum Gasteiger partial charge on any atom is -0.130 e. The summed E-state index contributed by atoms with van der Waals surface area (Å²) in [5, 5.41) is 0.703. The molecule has 0 aliphatic heterocycles. The Labute approximate surface area is 89.8 Å². The van der Waals surface area contributed by atoms with E-state index in [1.165, 1.54) is 0 Å². The molecule has 0 spiro atoms. The molecule has 0 atom stereocenters. The second kappa shape index (κ2) is 4.81. The molecule has 0 aromatic heterocycles. The zero-order valence-electron chi connectivity index (χ0n) is 6.40. The Bertz CT molecular complexity index is 338. The van der Waals surface area contributed by atoms with Gasteiger partial charge in [-0.3, -0.25) is 0 Å². The molecule has 0 saturated heterocycles. The maximum Gasteiger partial charge on any atom is 0.0573 e. The third-order valence-corrected chi connectivity index (χ3v) is 2.59. The molecule has 0 nitrogen and oxygen atoms in total. The molecule has 0 fully saturated rings. The van der Waals surface area contributed by atoms with Crippen molar-refractivity contribution < 1.29 is 0 Å². The van der Waals surface area contributed by atoms with Gasteiger partial charge in [0.1, 0.15) is 0 Å². The van der Waals surface area contributed by atoms with Crippen molar-refractivity contribution in [3.05, 3.63) is 28.8 Å². The van der Waals surface area contributed by atoms with Crippen LogP contribution in [0.15, 0.2) is 23.1 Å². The van der Waals surface area contributed by atoms with Gasteiger partial charge in [0, 0.05) is 26.4 Å². The molecule has 0 radical (unpaired) electrons. The van der Waals surface area contributed by atoms with Gasteiger partial charge in [-0.2, -0.15) is 0 Å². The van der Waals surface area contributed by atoms with E-state index in [1.807, 2.05) is 24.5 Å². The Balaban J connectivity index is 3.09. The summed E-state index contributed by atoms with van der Waals surface area (Å²) in [6.45, 7) is 0. The highest BCUT2D eigenvalue weighted by molar-refractivity contribution is 9.12. The lowest BCUT2D eigenvalue weighted by Gasteiger charge is -1.98. The lowest BCUT2D eigenvalue weighted by Crippen LogP contribution is -1.77. The van der Waals surface area contributed by atoms with Crippen molar-refractivity contribution in [1.82, 2.24) is 0 Å². The average molecular weight is 262 g/mol. The van der Waals surface area contributed by atoms with Crippen LogP contribution in [-0.4, -0.2) is 6.26 Å². The molecule has 1 aromatic carbocycles. The molecule has 1 aromatic rings. The van der Waals surface area contributed by atoms with Crippen LogP contribution in [0, 0.1) is 10.8 Å². The summed E-state index contributed by atoms with van der Waals surface area (Å²) in [5.41, 5.74) is 0.853. The van der Waals surface area contributed by atoms with E-state index in [-0.39, 0.29) is 0 Å². The zero-order valence-corrected chi connectivity index (χ0v) is 9.55. The Hall–Kier alpha value is -0.100. The molecular weight excluding hydrogens is 256 g/mol. The van der Waals surface area contributed by atoms with E-state index in [0.29, 0.717) is 5.02 Å². The van der Waals surface area contributed by atoms with Crippen LogP contribution in [0.1, 0.15) is 5.56 Å². The first-order valence-electron chi connectivity index (χ1n) is 3.23. The first kappa shape index (κ1) is 9.98. The van der Waals surface area contributed by atoms with Crippen LogP contribution in [-0.2, 0) is 0 Å². The molecule has 1 rings (SSSR count). The molecule has 0 aliphatic carbocycles. The van der Waals surface area contributed by atoms with Gasteiger partial charge in [-0.25, -0.2) is 0 Å². The van der Waals surface area contributed by atoms with E-state index in [0.717, 1.165) is 10.5 Å². The lowest BCUT2D eigenvalue weighted by molar-refractivity contribution is 1.45. The highest BCUT2D eigenvalue weighted by atomic mass is 79.9. The van der Waals surface area contributed by atoms with Crippen LogP contribution in [0.2, 0.25) is 5.02 Å². The van der Waals surface area contributed by atoms with E-state index in [4.69, 9.17) is 11.6 Å². The van der Waals surface area contributed by atoms with Gasteiger partial charge in [-0.15, -0.1) is 11.8 Å². The van der Waals surface area contributed by atoms with E-state index in [1.54, 1.807) is 11.8 Å². The number of hydrogen-bond donors (Lipinski definition) is 0. The third kappa shape index (κ3) is 2.45. The predicted molar refractivity (Wildman–Crippen MR) is 59.0 cm³/mol. The first-order chi connectivity index (χ1) is 5.77. The van der Waals surface area contributed by atoms with Gasteiger partial charge in [0.25, 0.3) is 0 Å². The maximum atomic E-state index is 5.95. The van der Waals surface area contributed by atoms with Crippen molar-refractivity contribution in [1.29, 1.82) is 0 Å². The van der Waals surface area contributed by atoms with E-state index in [2.05, 4.69) is 26.7 Å². The van der Waals surface area contributed by atoms with Crippen LogP contribution >= 0.6 is 39.3 Å². The Morgan fingerprint density at radius 3 is 2.75 bits per heavy atom. The topological polar surface area (TPSA) is 0 Å². The van der Waals surface area contributed by atoms with Crippen molar-refractivity contribution in [3.8, 4) is 10.8 Å². The van der Waals surface area contributed by atoms with Crippen molar-refractivity contribution in [2.75, 3.05) is 6.26 Å².